The fourth-order valence-corrected chi connectivity index (χ4v) is 10.6. The van der Waals surface area contributed by atoms with Crippen LogP contribution >= 0.6 is 0 Å². The van der Waals surface area contributed by atoms with Crippen molar-refractivity contribution < 1.29 is 24.5 Å². The molecule has 9 aromatic rings. The molecule has 0 spiro atoms. The van der Waals surface area contributed by atoms with E-state index >= 15 is 0 Å². The number of benzene rings is 6. The van der Waals surface area contributed by atoms with Gasteiger partial charge in [-0.2, -0.15) is 0 Å². The molecule has 1 fully saturated rings. The van der Waals surface area contributed by atoms with Crippen molar-refractivity contribution >= 4 is 39.6 Å². The van der Waals surface area contributed by atoms with Crippen LogP contribution in [0.3, 0.4) is 0 Å². The van der Waals surface area contributed by atoms with Gasteiger partial charge in [0.25, 0.3) is 0 Å². The van der Waals surface area contributed by atoms with Gasteiger partial charge in [0.2, 0.25) is 0 Å². The molecule has 10 rings (SSSR count). The van der Waals surface area contributed by atoms with Gasteiger partial charge in [0.05, 0.1) is 5.58 Å². The van der Waals surface area contributed by atoms with Crippen LogP contribution in [0.15, 0.2) is 175 Å². The molecule has 0 amide bonds. The van der Waals surface area contributed by atoms with Gasteiger partial charge in [-0.1, -0.05) is 115 Å². The zero-order valence-corrected chi connectivity index (χ0v) is 38.9. The summed E-state index contributed by atoms with van der Waals surface area (Å²) in [4.78, 5) is 9.39. The number of pyridine rings is 2. The minimum Gasteiger partial charge on any atom is -0.477 e. The van der Waals surface area contributed by atoms with Crippen LogP contribution in [-0.2, 0) is 26.5 Å². The summed E-state index contributed by atoms with van der Waals surface area (Å²) in [5.41, 5.74) is 14.2. The van der Waals surface area contributed by atoms with E-state index in [1.807, 2.05) is 36.5 Å². The molecule has 5 heteroatoms. The van der Waals surface area contributed by atoms with Crippen LogP contribution in [0.4, 0.5) is 0 Å². The van der Waals surface area contributed by atoms with E-state index in [2.05, 4.69) is 168 Å². The Morgan fingerprint density at radius 3 is 2.03 bits per heavy atom. The van der Waals surface area contributed by atoms with Gasteiger partial charge in [0, 0.05) is 26.3 Å². The summed E-state index contributed by atoms with van der Waals surface area (Å²) in [5, 5.41) is 2.22. The van der Waals surface area contributed by atoms with Gasteiger partial charge in [-0.15, -0.1) is 17.7 Å². The maximum atomic E-state index is 6.32. The fraction of sp³-hybridized carbons (Fsp3) is 0.164. The van der Waals surface area contributed by atoms with Crippen molar-refractivity contribution in [3.63, 3.8) is 0 Å². The molecule has 1 aliphatic rings. The maximum absolute atomic E-state index is 6.32. The zero-order valence-electron chi connectivity index (χ0n) is 34.4. The van der Waals surface area contributed by atoms with Crippen LogP contribution < -0.4 is 4.40 Å². The Morgan fingerprint density at radius 2 is 1.32 bits per heavy atom. The molecule has 1 saturated carbocycles. The molecule has 6 aromatic carbocycles. The smallest absolute Gasteiger partial charge is 0.124 e. The molecule has 3 nitrogen and oxygen atoms in total. The molecule has 3 heterocycles. The Hall–Kier alpha value is -5.39. The summed E-state index contributed by atoms with van der Waals surface area (Å²) >= 11 is -1.81. The molecule has 0 saturated heterocycles. The third kappa shape index (κ3) is 9.17. The predicted molar refractivity (Wildman–Crippen MR) is 249 cm³/mol. The Labute approximate surface area is 370 Å². The molecule has 0 bridgehead atoms. The van der Waals surface area contributed by atoms with E-state index in [9.17, 15) is 0 Å². The van der Waals surface area contributed by atoms with Crippen LogP contribution in [0.1, 0.15) is 31.2 Å². The Morgan fingerprint density at radius 1 is 0.633 bits per heavy atom. The number of nitrogens with zero attached hydrogens (tertiary/aromatic N) is 2. The molecular formula is C55H48GeIrN2O-2. The van der Waals surface area contributed by atoms with Crippen molar-refractivity contribution in [1.82, 2.24) is 9.97 Å². The second kappa shape index (κ2) is 18.5. The summed E-state index contributed by atoms with van der Waals surface area (Å²) < 4.78 is 7.76. The Balaban J connectivity index is 0.000000186. The first kappa shape index (κ1) is 41.4. The quantitative estimate of drug-likeness (QED) is 0.112. The zero-order chi connectivity index (χ0) is 40.2. The standard InChI is InChI=1S/C35H28NO.C20H20GeN.Ir/c1-2-9-26(10-3-1)27-13-15-28(16-14-27)30-11-6-12-33-35(30)31-18-17-29(23-34(31)37-33)32-22-25(19-20-36-32)21-24-7-4-5-8-24;1-21(2,3)17-13-14-20(22-15-17)19-12-8-7-11-18(19)16-9-5-4-6-10-16;/h1-3,6,9-20,22,24H,4-5,7-8,21H2;4-11,13-15H,1-3H3;/q2*-1;. The van der Waals surface area contributed by atoms with Crippen LogP contribution in [0.25, 0.3) is 77.8 Å². The largest absolute Gasteiger partial charge is 0.477 e. The molecule has 0 atom stereocenters. The van der Waals surface area contributed by atoms with E-state index < -0.39 is 13.3 Å². The molecule has 3 aromatic heterocycles. The third-order valence-corrected chi connectivity index (χ3v) is 15.9. The summed E-state index contributed by atoms with van der Waals surface area (Å²) in [6.07, 6.45) is 10.6. The molecule has 60 heavy (non-hydrogen) atoms. The van der Waals surface area contributed by atoms with E-state index in [1.54, 1.807) is 0 Å². The van der Waals surface area contributed by atoms with Gasteiger partial charge in [-0.05, 0) is 57.8 Å². The second-order valence-corrected chi connectivity index (χ2v) is 27.4. The van der Waals surface area contributed by atoms with Crippen molar-refractivity contribution in [2.24, 2.45) is 5.92 Å². The minimum absolute atomic E-state index is 0. The second-order valence-electron chi connectivity index (χ2n) is 16.7. The number of aromatic nitrogens is 2. The van der Waals surface area contributed by atoms with Crippen molar-refractivity contribution in [2.45, 2.75) is 49.4 Å². The molecule has 1 aliphatic carbocycles. The summed E-state index contributed by atoms with van der Waals surface area (Å²) in [7, 11) is 0. The average Bonchev–Trinajstić information content (AvgIpc) is 3.95. The first-order valence-electron chi connectivity index (χ1n) is 20.9. The Bertz CT molecular complexity index is 2820. The van der Waals surface area contributed by atoms with Gasteiger partial charge < -0.3 is 9.40 Å². The van der Waals surface area contributed by atoms with Crippen molar-refractivity contribution in [1.29, 1.82) is 0 Å². The number of furan rings is 1. The number of rotatable bonds is 8. The van der Waals surface area contributed by atoms with Gasteiger partial charge in [0.1, 0.15) is 5.58 Å². The normalized spacial score (nSPS) is 12.8. The van der Waals surface area contributed by atoms with Gasteiger partial charge in [-0.3, -0.25) is 0 Å². The third-order valence-electron chi connectivity index (χ3n) is 11.6. The van der Waals surface area contributed by atoms with Gasteiger partial charge in [-0.25, -0.2) is 0 Å². The van der Waals surface area contributed by atoms with Gasteiger partial charge in [0.15, 0.2) is 0 Å². The molecule has 1 radical (unpaired) electrons. The predicted octanol–water partition coefficient (Wildman–Crippen LogP) is 14.3. The van der Waals surface area contributed by atoms with E-state index in [-0.39, 0.29) is 20.1 Å². The van der Waals surface area contributed by atoms with Crippen molar-refractivity contribution in [2.75, 3.05) is 0 Å². The molecule has 0 aliphatic heterocycles. The molecule has 0 unspecified atom stereocenters. The van der Waals surface area contributed by atoms with Crippen LogP contribution in [0.5, 0.6) is 0 Å². The maximum Gasteiger partial charge on any atom is 0.124 e. The van der Waals surface area contributed by atoms with Gasteiger partial charge >= 0.3 is 135 Å². The molecule has 0 N–H and O–H groups in total. The Kier molecular flexibility index (Phi) is 12.7. The van der Waals surface area contributed by atoms with Crippen molar-refractivity contribution in [3.8, 4) is 55.9 Å². The summed E-state index contributed by atoms with van der Waals surface area (Å²) in [5.74, 6) is 7.99. The van der Waals surface area contributed by atoms with Crippen LogP contribution in [-0.4, -0.2) is 23.2 Å². The molecule has 299 valence electrons. The summed E-state index contributed by atoms with van der Waals surface area (Å²) in [6.45, 7) is 0. The fourth-order valence-electron chi connectivity index (χ4n) is 8.41. The van der Waals surface area contributed by atoms with E-state index in [0.29, 0.717) is 0 Å². The van der Waals surface area contributed by atoms with Crippen LogP contribution in [0.2, 0.25) is 17.3 Å². The molecular weight excluding hydrogens is 969 g/mol. The number of hydrogen-bond donors (Lipinski definition) is 0. The minimum atomic E-state index is -1.81. The number of hydrogen-bond acceptors (Lipinski definition) is 3. The summed E-state index contributed by atoms with van der Waals surface area (Å²) in [6, 6.07) is 62.1. The van der Waals surface area contributed by atoms with E-state index in [0.717, 1.165) is 56.8 Å². The first-order valence-corrected chi connectivity index (χ1v) is 28.2. The monoisotopic (exact) mass is 1020 g/mol. The van der Waals surface area contributed by atoms with E-state index in [4.69, 9.17) is 9.40 Å². The van der Waals surface area contributed by atoms with E-state index in [1.165, 1.54) is 69.0 Å². The average molecular weight is 1020 g/mol. The van der Waals surface area contributed by atoms with Crippen LogP contribution in [0, 0.1) is 18.1 Å². The van der Waals surface area contributed by atoms with Crippen molar-refractivity contribution in [3.05, 3.63) is 188 Å². The topological polar surface area (TPSA) is 38.9 Å². The SMILES string of the molecule is [CH3][Ge]([CH3])([CH3])[c]1ccc(-c2[c-]cccc2-c2ccccc2)nc1.[Ir].[c-]1c(-c2cc(CC3CCCC3)ccn2)ccc2c1oc1cccc(-c3ccc(-c4ccccc4)cc3)c12. The first-order chi connectivity index (χ1) is 28.9. The number of fused-ring (bicyclic) bond motifs is 3.